The molecule has 17 heavy (non-hydrogen) atoms. The largest absolute Gasteiger partial charge is 0.480 e. The number of aliphatic carboxylic acids is 1. The Balaban J connectivity index is 2.02. The predicted octanol–water partition coefficient (Wildman–Crippen LogP) is 1.44. The van der Waals surface area contributed by atoms with Gasteiger partial charge in [-0.25, -0.2) is 14.6 Å². The lowest BCUT2D eigenvalue weighted by Crippen LogP contribution is -2.43. The number of carbonyl (C=O) groups excluding carboxylic acids is 1. The third-order valence-corrected chi connectivity index (χ3v) is 4.15. The highest BCUT2D eigenvalue weighted by atomic mass is 32.2. The third-order valence-electron chi connectivity index (χ3n) is 2.26. The summed E-state index contributed by atoms with van der Waals surface area (Å²) in [6.45, 7) is 1.83. The van der Waals surface area contributed by atoms with Crippen LogP contribution in [0.2, 0.25) is 0 Å². The lowest BCUT2D eigenvalue weighted by Gasteiger charge is -2.19. The van der Waals surface area contributed by atoms with Gasteiger partial charge in [-0.2, -0.15) is 0 Å². The number of hydrogen-bond donors (Lipinski definition) is 2. The quantitative estimate of drug-likeness (QED) is 0.852. The first-order valence-electron chi connectivity index (χ1n) is 4.88. The average molecular weight is 273 g/mol. The van der Waals surface area contributed by atoms with Gasteiger partial charge in [-0.1, -0.05) is 0 Å². The summed E-state index contributed by atoms with van der Waals surface area (Å²) in [5.74, 6) is -0.146. The van der Waals surface area contributed by atoms with Crippen molar-refractivity contribution in [2.24, 2.45) is 0 Å². The van der Waals surface area contributed by atoms with E-state index in [0.717, 1.165) is 5.69 Å². The third kappa shape index (κ3) is 2.70. The number of carboxylic acid groups (broad SMARTS) is 1. The Hall–Kier alpha value is -1.28. The van der Waals surface area contributed by atoms with Gasteiger partial charge in [0.2, 0.25) is 0 Å². The van der Waals surface area contributed by atoms with Crippen LogP contribution in [0.5, 0.6) is 0 Å². The van der Waals surface area contributed by atoms with E-state index in [9.17, 15) is 9.59 Å². The Kier molecular flexibility index (Phi) is 3.53. The Labute approximate surface area is 106 Å². The molecule has 1 atom stereocenters. The molecular formula is C9H11N3O3S2. The second-order valence-electron chi connectivity index (χ2n) is 3.55. The molecule has 2 N–H and O–H groups in total. The van der Waals surface area contributed by atoms with Crippen LogP contribution >= 0.6 is 23.1 Å². The predicted molar refractivity (Wildman–Crippen MR) is 66.5 cm³/mol. The Morgan fingerprint density at radius 1 is 1.65 bits per heavy atom. The first kappa shape index (κ1) is 12.2. The lowest BCUT2D eigenvalue weighted by atomic mass is 10.3. The van der Waals surface area contributed by atoms with Crippen molar-refractivity contribution >= 4 is 40.2 Å². The van der Waals surface area contributed by atoms with Gasteiger partial charge in [0, 0.05) is 11.1 Å². The van der Waals surface area contributed by atoms with Crippen molar-refractivity contribution in [3.63, 3.8) is 0 Å². The number of anilines is 1. The van der Waals surface area contributed by atoms with Gasteiger partial charge in [0.15, 0.2) is 5.13 Å². The first-order valence-corrected chi connectivity index (χ1v) is 6.91. The fourth-order valence-electron chi connectivity index (χ4n) is 1.42. The lowest BCUT2D eigenvalue weighted by molar-refractivity contribution is -0.140. The molecule has 1 aliphatic rings. The summed E-state index contributed by atoms with van der Waals surface area (Å²) in [4.78, 5) is 28.2. The van der Waals surface area contributed by atoms with Crippen molar-refractivity contribution in [1.82, 2.24) is 9.88 Å². The van der Waals surface area contributed by atoms with Crippen molar-refractivity contribution in [3.8, 4) is 0 Å². The number of aryl methyl sites for hydroxylation is 1. The molecule has 1 aromatic heterocycles. The van der Waals surface area contributed by atoms with Crippen LogP contribution in [0.25, 0.3) is 0 Å². The van der Waals surface area contributed by atoms with Crippen molar-refractivity contribution in [1.29, 1.82) is 0 Å². The number of nitrogens with one attached hydrogen (secondary N) is 1. The molecule has 92 valence electrons. The van der Waals surface area contributed by atoms with Gasteiger partial charge in [-0.15, -0.1) is 23.1 Å². The maximum Gasteiger partial charge on any atom is 0.327 e. The van der Waals surface area contributed by atoms with Crippen LogP contribution in [0.3, 0.4) is 0 Å². The number of thioether (sulfide) groups is 1. The molecule has 6 nitrogen and oxygen atoms in total. The molecule has 1 unspecified atom stereocenters. The maximum absolute atomic E-state index is 11.8. The fraction of sp³-hybridized carbons (Fsp3) is 0.444. The summed E-state index contributed by atoms with van der Waals surface area (Å²) < 4.78 is 0. The van der Waals surface area contributed by atoms with Gasteiger partial charge in [0.05, 0.1) is 11.6 Å². The van der Waals surface area contributed by atoms with E-state index in [1.54, 1.807) is 0 Å². The first-order chi connectivity index (χ1) is 8.08. The molecule has 2 heterocycles. The van der Waals surface area contributed by atoms with Crippen molar-refractivity contribution < 1.29 is 14.7 Å². The number of aromatic nitrogens is 1. The number of urea groups is 1. The number of carboxylic acids is 1. The molecule has 1 aromatic rings. The topological polar surface area (TPSA) is 82.5 Å². The SMILES string of the molecule is Cc1csc(NC(=O)N2CSCC2C(=O)O)n1. The standard InChI is InChI=1S/C9H11N3O3S2/c1-5-2-17-8(10-5)11-9(15)12-4-16-3-6(12)7(13)14/h2,6H,3-4H2,1H3,(H,13,14)(H,10,11,15). The normalized spacial score (nSPS) is 19.4. The summed E-state index contributed by atoms with van der Waals surface area (Å²) in [5, 5.41) is 13.9. The van der Waals surface area contributed by atoms with Crippen LogP contribution in [-0.2, 0) is 4.79 Å². The molecule has 0 bridgehead atoms. The summed E-state index contributed by atoms with van der Waals surface area (Å²) in [6, 6.07) is -1.15. The second-order valence-corrected chi connectivity index (χ2v) is 5.41. The molecule has 0 aromatic carbocycles. The van der Waals surface area contributed by atoms with E-state index < -0.39 is 18.0 Å². The monoisotopic (exact) mass is 273 g/mol. The number of amides is 2. The molecule has 0 radical (unpaired) electrons. The van der Waals surface area contributed by atoms with Crippen molar-refractivity contribution in [3.05, 3.63) is 11.1 Å². The van der Waals surface area contributed by atoms with Crippen molar-refractivity contribution in [2.75, 3.05) is 16.9 Å². The van der Waals surface area contributed by atoms with Crippen LogP contribution in [0.1, 0.15) is 5.69 Å². The number of thiazole rings is 1. The molecule has 1 fully saturated rings. The second kappa shape index (κ2) is 4.92. The Bertz CT molecular complexity index is 448. The summed E-state index contributed by atoms with van der Waals surface area (Å²) in [7, 11) is 0. The van der Waals surface area contributed by atoms with Crippen LogP contribution in [0, 0.1) is 6.92 Å². The number of nitrogens with zero attached hydrogens (tertiary/aromatic N) is 2. The van der Waals surface area contributed by atoms with Gasteiger partial charge in [-0.05, 0) is 6.92 Å². The molecule has 1 saturated heterocycles. The smallest absolute Gasteiger partial charge is 0.327 e. The number of rotatable bonds is 2. The number of hydrogen-bond acceptors (Lipinski definition) is 5. The van der Waals surface area contributed by atoms with Gasteiger partial charge < -0.3 is 10.0 Å². The van der Waals surface area contributed by atoms with E-state index in [0.29, 0.717) is 16.8 Å². The molecule has 0 saturated carbocycles. The van der Waals surface area contributed by atoms with E-state index in [1.165, 1.54) is 28.0 Å². The zero-order valence-electron chi connectivity index (χ0n) is 9.04. The average Bonchev–Trinajstić information content (AvgIpc) is 2.86. The van der Waals surface area contributed by atoms with E-state index in [-0.39, 0.29) is 0 Å². The van der Waals surface area contributed by atoms with E-state index >= 15 is 0 Å². The minimum atomic E-state index is -0.972. The molecule has 0 spiro atoms. The Morgan fingerprint density at radius 2 is 2.41 bits per heavy atom. The summed E-state index contributed by atoms with van der Waals surface area (Å²) in [5.41, 5.74) is 0.830. The van der Waals surface area contributed by atoms with Crippen LogP contribution in [0.15, 0.2) is 5.38 Å². The number of carbonyl (C=O) groups is 2. The Morgan fingerprint density at radius 3 is 3.00 bits per heavy atom. The minimum absolute atomic E-state index is 0.396. The van der Waals surface area contributed by atoms with Crippen LogP contribution in [-0.4, -0.2) is 44.7 Å². The zero-order valence-corrected chi connectivity index (χ0v) is 10.7. The molecule has 1 aliphatic heterocycles. The van der Waals surface area contributed by atoms with Gasteiger partial charge in [-0.3, -0.25) is 5.32 Å². The van der Waals surface area contributed by atoms with Gasteiger partial charge >= 0.3 is 12.0 Å². The highest BCUT2D eigenvalue weighted by Crippen LogP contribution is 2.23. The summed E-state index contributed by atoms with van der Waals surface area (Å²) >= 11 is 2.75. The molecule has 2 amide bonds. The highest BCUT2D eigenvalue weighted by molar-refractivity contribution is 7.99. The zero-order chi connectivity index (χ0) is 12.4. The van der Waals surface area contributed by atoms with E-state index in [2.05, 4.69) is 10.3 Å². The highest BCUT2D eigenvalue weighted by Gasteiger charge is 2.34. The fourth-order valence-corrected chi connectivity index (χ4v) is 3.24. The van der Waals surface area contributed by atoms with Crippen LogP contribution < -0.4 is 5.32 Å². The van der Waals surface area contributed by atoms with Crippen molar-refractivity contribution in [2.45, 2.75) is 13.0 Å². The maximum atomic E-state index is 11.8. The molecule has 8 heteroatoms. The van der Waals surface area contributed by atoms with Crippen LogP contribution in [0.4, 0.5) is 9.93 Å². The molecule has 2 rings (SSSR count). The van der Waals surface area contributed by atoms with Gasteiger partial charge in [0.25, 0.3) is 0 Å². The molecule has 0 aliphatic carbocycles. The summed E-state index contributed by atoms with van der Waals surface area (Å²) in [6.07, 6.45) is 0. The van der Waals surface area contributed by atoms with Gasteiger partial charge in [0.1, 0.15) is 6.04 Å². The van der Waals surface area contributed by atoms with E-state index in [4.69, 9.17) is 5.11 Å². The van der Waals surface area contributed by atoms with E-state index in [1.807, 2.05) is 12.3 Å². The molecular weight excluding hydrogens is 262 g/mol. The minimum Gasteiger partial charge on any atom is -0.480 e.